The van der Waals surface area contributed by atoms with Crippen LogP contribution < -0.4 is 15.4 Å². The van der Waals surface area contributed by atoms with Crippen molar-refractivity contribution in [1.82, 2.24) is 10.6 Å². The van der Waals surface area contributed by atoms with E-state index in [1.54, 1.807) is 43.5 Å². The number of carbonyl (C=O) groups excluding carboxylic acids is 2. The molecule has 0 fully saturated rings. The van der Waals surface area contributed by atoms with Gasteiger partial charge >= 0.3 is 0 Å². The Balaban J connectivity index is 1.59. The number of hydrogen-bond acceptors (Lipinski definition) is 5. The molecule has 3 aromatic rings. The number of nitrogens with zero attached hydrogens (tertiary/aromatic N) is 2. The van der Waals surface area contributed by atoms with E-state index in [4.69, 9.17) is 4.74 Å². The molecule has 0 saturated heterocycles. The van der Waals surface area contributed by atoms with Crippen LogP contribution in [0.4, 0.5) is 4.39 Å². The van der Waals surface area contributed by atoms with E-state index in [1.807, 2.05) is 18.2 Å². The lowest BCUT2D eigenvalue weighted by molar-refractivity contribution is -0.117. The van der Waals surface area contributed by atoms with Gasteiger partial charge in [0.25, 0.3) is 11.8 Å². The summed E-state index contributed by atoms with van der Waals surface area (Å²) in [6.07, 6.45) is 0. The fraction of sp³-hybridized carbons (Fsp3) is 0.0769. The molecule has 8 heteroatoms. The number of halogens is 1. The maximum absolute atomic E-state index is 13.2. The van der Waals surface area contributed by atoms with Crippen molar-refractivity contribution in [1.29, 1.82) is 5.26 Å². The van der Waals surface area contributed by atoms with Crippen molar-refractivity contribution in [3.05, 3.63) is 106 Å². The maximum atomic E-state index is 13.2. The second kappa shape index (κ2) is 9.79. The zero-order valence-electron chi connectivity index (χ0n) is 18.1. The van der Waals surface area contributed by atoms with Crippen LogP contribution in [0.2, 0.25) is 0 Å². The predicted molar refractivity (Wildman–Crippen MR) is 124 cm³/mol. The number of benzene rings is 3. The standard InChI is InChI=1S/C26H19FN4O3/c1-34-19-12-6-16(7-13-19)15-29-26(33)22(14-28)23-20-4-2-3-5-21(20)24(30-23)31-25(32)17-8-10-18(27)11-9-17/h2-13H,15H2,1H3,(H,29,33)(H,30,31,32)/b23-22-. The summed E-state index contributed by atoms with van der Waals surface area (Å²) in [7, 11) is 1.57. The van der Waals surface area contributed by atoms with Crippen LogP contribution in [0, 0.1) is 17.1 Å². The molecule has 168 valence electrons. The van der Waals surface area contributed by atoms with E-state index in [0.717, 1.165) is 5.56 Å². The molecule has 4 rings (SSSR count). The minimum absolute atomic E-state index is 0.166. The number of hydrogen-bond donors (Lipinski definition) is 2. The second-order valence-corrected chi connectivity index (χ2v) is 7.33. The lowest BCUT2D eigenvalue weighted by atomic mass is 10.0. The molecule has 0 saturated carbocycles. The Morgan fingerprint density at radius 3 is 2.32 bits per heavy atom. The van der Waals surface area contributed by atoms with Gasteiger partial charge in [-0.25, -0.2) is 9.38 Å². The molecule has 0 radical (unpaired) electrons. The van der Waals surface area contributed by atoms with Gasteiger partial charge in [-0.1, -0.05) is 36.4 Å². The van der Waals surface area contributed by atoms with Crippen molar-refractivity contribution < 1.29 is 18.7 Å². The molecule has 3 aromatic carbocycles. The molecular formula is C26H19FN4O3. The Morgan fingerprint density at radius 1 is 1.00 bits per heavy atom. The number of carbonyl (C=O) groups is 2. The molecule has 1 aliphatic heterocycles. The highest BCUT2D eigenvalue weighted by atomic mass is 19.1. The molecule has 0 spiro atoms. The third kappa shape index (κ3) is 4.69. The first-order chi connectivity index (χ1) is 16.5. The zero-order chi connectivity index (χ0) is 24.1. The average molecular weight is 454 g/mol. The van der Waals surface area contributed by atoms with E-state index < -0.39 is 17.6 Å². The number of rotatable bonds is 5. The van der Waals surface area contributed by atoms with E-state index in [0.29, 0.717) is 16.9 Å². The van der Waals surface area contributed by atoms with Gasteiger partial charge in [0, 0.05) is 23.2 Å². The van der Waals surface area contributed by atoms with Gasteiger partial charge < -0.3 is 15.4 Å². The van der Waals surface area contributed by atoms with E-state index in [1.165, 1.54) is 24.3 Å². The van der Waals surface area contributed by atoms with E-state index in [9.17, 15) is 19.2 Å². The first-order valence-corrected chi connectivity index (χ1v) is 10.3. The summed E-state index contributed by atoms with van der Waals surface area (Å²) in [6, 6.07) is 21.2. The van der Waals surface area contributed by atoms with E-state index in [-0.39, 0.29) is 29.2 Å². The van der Waals surface area contributed by atoms with Crippen molar-refractivity contribution in [3.8, 4) is 11.8 Å². The molecule has 0 unspecified atom stereocenters. The zero-order valence-corrected chi connectivity index (χ0v) is 18.1. The van der Waals surface area contributed by atoms with Gasteiger partial charge in [0.15, 0.2) is 0 Å². The highest BCUT2D eigenvalue weighted by Gasteiger charge is 2.27. The van der Waals surface area contributed by atoms with Crippen LogP contribution in [0.25, 0.3) is 5.70 Å². The summed E-state index contributed by atoms with van der Waals surface area (Å²) in [6.45, 7) is 0.209. The number of amidine groups is 1. The molecule has 0 bridgehead atoms. The Labute approximate surface area is 195 Å². The van der Waals surface area contributed by atoms with Gasteiger partial charge in [-0.2, -0.15) is 5.26 Å². The first kappa shape index (κ1) is 22.4. The average Bonchev–Trinajstić information content (AvgIpc) is 3.22. The van der Waals surface area contributed by atoms with Gasteiger partial charge in [-0.05, 0) is 42.0 Å². The number of fused-ring (bicyclic) bond motifs is 1. The highest BCUT2D eigenvalue weighted by molar-refractivity contribution is 6.20. The summed E-state index contributed by atoms with van der Waals surface area (Å²) in [5.41, 5.74) is 2.19. The maximum Gasteiger partial charge on any atom is 0.264 e. The third-order valence-electron chi connectivity index (χ3n) is 5.19. The lowest BCUT2D eigenvalue weighted by Crippen LogP contribution is -2.30. The van der Waals surface area contributed by atoms with Crippen molar-refractivity contribution >= 4 is 23.3 Å². The van der Waals surface area contributed by atoms with Crippen LogP contribution in [0.1, 0.15) is 27.0 Å². The van der Waals surface area contributed by atoms with Gasteiger partial charge in [0.1, 0.15) is 29.0 Å². The Morgan fingerprint density at radius 2 is 1.68 bits per heavy atom. The molecule has 2 N–H and O–H groups in total. The fourth-order valence-electron chi connectivity index (χ4n) is 3.42. The molecule has 2 amide bonds. The Bertz CT molecular complexity index is 1350. The van der Waals surface area contributed by atoms with Gasteiger partial charge in [-0.3, -0.25) is 9.59 Å². The largest absolute Gasteiger partial charge is 0.497 e. The minimum atomic E-state index is -0.585. The quantitative estimate of drug-likeness (QED) is 0.454. The van der Waals surface area contributed by atoms with Crippen molar-refractivity contribution in [2.45, 2.75) is 6.54 Å². The fourth-order valence-corrected chi connectivity index (χ4v) is 3.42. The normalized spacial score (nSPS) is 13.3. The highest BCUT2D eigenvalue weighted by Crippen LogP contribution is 2.30. The summed E-state index contributed by atoms with van der Waals surface area (Å²) in [5, 5.41) is 15.2. The SMILES string of the molecule is COc1ccc(CNC(=O)/C(C#N)=C2\N=C(NC(=O)c3ccc(F)cc3)c3ccccc32)cc1. The lowest BCUT2D eigenvalue weighted by Gasteiger charge is -2.07. The van der Waals surface area contributed by atoms with Crippen LogP contribution in [0.15, 0.2) is 83.4 Å². The van der Waals surface area contributed by atoms with Gasteiger partial charge in [0.2, 0.25) is 0 Å². The Hall–Kier alpha value is -4.77. The van der Waals surface area contributed by atoms with E-state index in [2.05, 4.69) is 15.6 Å². The molecular weight excluding hydrogens is 435 g/mol. The molecule has 7 nitrogen and oxygen atoms in total. The number of methoxy groups -OCH3 is 1. The number of nitrogens with one attached hydrogen (secondary N) is 2. The predicted octanol–water partition coefficient (Wildman–Crippen LogP) is 3.58. The second-order valence-electron chi connectivity index (χ2n) is 7.33. The summed E-state index contributed by atoms with van der Waals surface area (Å²) < 4.78 is 18.3. The number of ether oxygens (including phenoxy) is 1. The summed E-state index contributed by atoms with van der Waals surface area (Å²) in [5.74, 6) is -0.627. The van der Waals surface area contributed by atoms with Crippen molar-refractivity contribution in [3.63, 3.8) is 0 Å². The topological polar surface area (TPSA) is 104 Å². The smallest absolute Gasteiger partial charge is 0.264 e. The molecule has 0 aliphatic carbocycles. The number of nitriles is 1. The van der Waals surface area contributed by atoms with Crippen LogP contribution in [-0.4, -0.2) is 24.8 Å². The number of aliphatic imine (C=N–C) groups is 1. The molecule has 34 heavy (non-hydrogen) atoms. The third-order valence-corrected chi connectivity index (χ3v) is 5.19. The van der Waals surface area contributed by atoms with Crippen molar-refractivity contribution in [2.75, 3.05) is 7.11 Å². The summed E-state index contributed by atoms with van der Waals surface area (Å²) >= 11 is 0. The molecule has 1 heterocycles. The number of amides is 2. The van der Waals surface area contributed by atoms with Gasteiger partial charge in [0.05, 0.1) is 12.8 Å². The van der Waals surface area contributed by atoms with Gasteiger partial charge in [-0.15, -0.1) is 0 Å². The molecule has 1 aliphatic rings. The van der Waals surface area contributed by atoms with Crippen LogP contribution in [-0.2, 0) is 11.3 Å². The molecule has 0 aromatic heterocycles. The van der Waals surface area contributed by atoms with Crippen LogP contribution in [0.3, 0.4) is 0 Å². The first-order valence-electron chi connectivity index (χ1n) is 10.3. The van der Waals surface area contributed by atoms with E-state index >= 15 is 0 Å². The summed E-state index contributed by atoms with van der Waals surface area (Å²) in [4.78, 5) is 29.9. The molecule has 0 atom stereocenters. The van der Waals surface area contributed by atoms with Crippen LogP contribution >= 0.6 is 0 Å². The monoisotopic (exact) mass is 454 g/mol. The van der Waals surface area contributed by atoms with Crippen LogP contribution in [0.5, 0.6) is 5.75 Å². The Kier molecular flexibility index (Phi) is 6.46. The minimum Gasteiger partial charge on any atom is -0.497 e. The van der Waals surface area contributed by atoms with Crippen molar-refractivity contribution in [2.24, 2.45) is 4.99 Å².